The lowest BCUT2D eigenvalue weighted by Crippen LogP contribution is -2.21. The van der Waals surface area contributed by atoms with Crippen molar-refractivity contribution in [2.75, 3.05) is 18.7 Å². The van der Waals surface area contributed by atoms with Crippen molar-refractivity contribution in [3.8, 4) is 17.2 Å². The molecule has 1 heterocycles. The van der Waals surface area contributed by atoms with Crippen LogP contribution in [-0.4, -0.2) is 31.3 Å². The van der Waals surface area contributed by atoms with Crippen LogP contribution in [0.4, 0.5) is 5.69 Å². The molecule has 0 saturated heterocycles. The molecule has 0 N–H and O–H groups in total. The number of para-hydroxylation sites is 1. The van der Waals surface area contributed by atoms with E-state index in [2.05, 4.69) is 5.10 Å². The van der Waals surface area contributed by atoms with Gasteiger partial charge < -0.3 is 14.2 Å². The molecule has 7 nitrogen and oxygen atoms in total. The Bertz CT molecular complexity index is 1330. The average Bonchev–Trinajstić information content (AvgIpc) is 3.15. The number of hydrogen-bond donors (Lipinski definition) is 0. The quantitative estimate of drug-likeness (QED) is 0.238. The number of hydrogen-bond acceptors (Lipinski definition) is 6. The van der Waals surface area contributed by atoms with E-state index in [-0.39, 0.29) is 22.4 Å². The maximum atomic E-state index is 13.0. The van der Waals surface area contributed by atoms with Gasteiger partial charge >= 0.3 is 5.97 Å². The maximum absolute atomic E-state index is 13.0. The number of rotatable bonds is 7. The smallest absolute Gasteiger partial charge is 0.343 e. The van der Waals surface area contributed by atoms with E-state index in [1.54, 1.807) is 49.4 Å². The van der Waals surface area contributed by atoms with Crippen molar-refractivity contribution in [2.24, 2.45) is 5.10 Å². The molecule has 0 bridgehead atoms. The first-order valence-corrected chi connectivity index (χ1v) is 11.3. The third-order valence-electron chi connectivity index (χ3n) is 5.21. The molecule has 0 aliphatic carbocycles. The average molecular weight is 491 g/mol. The lowest BCUT2D eigenvalue weighted by atomic mass is 10.1. The molecule has 1 aliphatic rings. The van der Waals surface area contributed by atoms with Crippen LogP contribution in [0, 0.1) is 0 Å². The lowest BCUT2D eigenvalue weighted by molar-refractivity contribution is -0.114. The van der Waals surface area contributed by atoms with Crippen LogP contribution in [0.1, 0.15) is 29.8 Å². The number of anilines is 1. The summed E-state index contributed by atoms with van der Waals surface area (Å²) in [6, 6.07) is 19.1. The van der Waals surface area contributed by atoms with Gasteiger partial charge in [0.15, 0.2) is 11.5 Å². The van der Waals surface area contributed by atoms with Crippen LogP contribution in [0.25, 0.3) is 6.08 Å². The van der Waals surface area contributed by atoms with Crippen LogP contribution >= 0.6 is 11.6 Å². The molecule has 0 fully saturated rings. The van der Waals surface area contributed by atoms with Gasteiger partial charge in [-0.25, -0.2) is 4.79 Å². The first-order chi connectivity index (χ1) is 16.9. The van der Waals surface area contributed by atoms with Gasteiger partial charge in [0.1, 0.15) is 5.75 Å². The van der Waals surface area contributed by atoms with Gasteiger partial charge in [-0.2, -0.15) is 10.1 Å². The molecule has 0 radical (unpaired) electrons. The van der Waals surface area contributed by atoms with Gasteiger partial charge in [-0.15, -0.1) is 0 Å². The molecular formula is C27H23ClN2O5. The number of amides is 1. The zero-order valence-corrected chi connectivity index (χ0v) is 20.2. The Morgan fingerprint density at radius 3 is 2.57 bits per heavy atom. The van der Waals surface area contributed by atoms with Gasteiger partial charge in [0.25, 0.3) is 5.91 Å². The minimum atomic E-state index is -0.606. The first kappa shape index (κ1) is 24.0. The Morgan fingerprint density at radius 2 is 1.86 bits per heavy atom. The Morgan fingerprint density at radius 1 is 1.09 bits per heavy atom. The lowest BCUT2D eigenvalue weighted by Gasteiger charge is -2.14. The van der Waals surface area contributed by atoms with Gasteiger partial charge in [0.2, 0.25) is 0 Å². The molecule has 0 saturated carbocycles. The largest absolute Gasteiger partial charge is 0.497 e. The van der Waals surface area contributed by atoms with E-state index in [1.165, 1.54) is 12.1 Å². The second-order valence-corrected chi connectivity index (χ2v) is 7.99. The number of ether oxygens (including phenoxy) is 3. The molecule has 35 heavy (non-hydrogen) atoms. The highest BCUT2D eigenvalue weighted by molar-refractivity contribution is 6.33. The van der Waals surface area contributed by atoms with E-state index in [4.69, 9.17) is 25.8 Å². The number of benzene rings is 3. The molecule has 0 spiro atoms. The highest BCUT2D eigenvalue weighted by Gasteiger charge is 2.29. The van der Waals surface area contributed by atoms with Crippen LogP contribution in [0.15, 0.2) is 77.4 Å². The number of carbonyl (C=O) groups excluding carboxylic acids is 2. The third kappa shape index (κ3) is 5.20. The standard InChI is InChI=1S/C27H23ClN2O5/c1-4-34-24-15-18(13-22-17(2)29-30(26(22)31)20-10-6-5-7-11-20)14-23(28)25(24)35-27(32)19-9-8-12-21(16-19)33-3/h5-16H,4H2,1-3H3/b22-13+. The highest BCUT2D eigenvalue weighted by atomic mass is 35.5. The maximum Gasteiger partial charge on any atom is 0.343 e. The van der Waals surface area contributed by atoms with E-state index in [0.717, 1.165) is 0 Å². The summed E-state index contributed by atoms with van der Waals surface area (Å²) in [6.07, 6.45) is 1.69. The molecule has 3 aromatic rings. The minimum Gasteiger partial charge on any atom is -0.497 e. The van der Waals surface area contributed by atoms with Crippen LogP contribution in [0.5, 0.6) is 17.2 Å². The SMILES string of the molecule is CCOc1cc(/C=C2/C(=O)N(c3ccccc3)N=C2C)cc(Cl)c1OC(=O)c1cccc(OC)c1. The van der Waals surface area contributed by atoms with Gasteiger partial charge in [-0.05, 0) is 68.0 Å². The van der Waals surface area contributed by atoms with E-state index in [9.17, 15) is 9.59 Å². The van der Waals surface area contributed by atoms with E-state index < -0.39 is 5.97 Å². The predicted molar refractivity (Wildman–Crippen MR) is 136 cm³/mol. The summed E-state index contributed by atoms with van der Waals surface area (Å²) in [4.78, 5) is 25.8. The molecule has 178 valence electrons. The summed E-state index contributed by atoms with van der Waals surface area (Å²) >= 11 is 6.51. The van der Waals surface area contributed by atoms with Crippen LogP contribution < -0.4 is 19.2 Å². The Hall–Kier alpha value is -4.10. The highest BCUT2D eigenvalue weighted by Crippen LogP contribution is 2.38. The van der Waals surface area contributed by atoms with Crippen LogP contribution in [-0.2, 0) is 4.79 Å². The summed E-state index contributed by atoms with van der Waals surface area (Å²) in [5.74, 6) is 0.0440. The number of hydrazone groups is 1. The Kier molecular flexibility index (Phi) is 7.17. The molecule has 8 heteroatoms. The van der Waals surface area contributed by atoms with Crippen molar-refractivity contribution in [3.05, 3.63) is 88.5 Å². The topological polar surface area (TPSA) is 77.4 Å². The van der Waals surface area contributed by atoms with Crippen molar-refractivity contribution in [1.82, 2.24) is 0 Å². The fourth-order valence-electron chi connectivity index (χ4n) is 3.53. The normalized spacial score (nSPS) is 14.2. The zero-order chi connectivity index (χ0) is 24.9. The van der Waals surface area contributed by atoms with Crippen molar-refractivity contribution in [2.45, 2.75) is 13.8 Å². The second-order valence-electron chi connectivity index (χ2n) is 7.58. The Labute approximate surface area is 208 Å². The summed E-state index contributed by atoms with van der Waals surface area (Å²) in [5, 5.41) is 5.91. The molecule has 1 amide bonds. The molecule has 0 unspecified atom stereocenters. The number of carbonyl (C=O) groups is 2. The summed E-state index contributed by atoms with van der Waals surface area (Å²) in [7, 11) is 1.52. The number of methoxy groups -OCH3 is 1. The van der Waals surface area contributed by atoms with Crippen LogP contribution in [0.2, 0.25) is 5.02 Å². The summed E-state index contributed by atoms with van der Waals surface area (Å²) in [5.41, 5.74) is 2.58. The van der Waals surface area contributed by atoms with Crippen molar-refractivity contribution in [1.29, 1.82) is 0 Å². The number of esters is 1. The van der Waals surface area contributed by atoms with Gasteiger partial charge in [-0.3, -0.25) is 4.79 Å². The van der Waals surface area contributed by atoms with Gasteiger partial charge in [-0.1, -0.05) is 35.9 Å². The monoisotopic (exact) mass is 490 g/mol. The molecule has 0 atom stereocenters. The Balaban J connectivity index is 1.64. The van der Waals surface area contributed by atoms with Gasteiger partial charge in [0.05, 0.1) is 41.3 Å². The third-order valence-corrected chi connectivity index (χ3v) is 5.49. The summed E-state index contributed by atoms with van der Waals surface area (Å²) < 4.78 is 16.5. The van der Waals surface area contributed by atoms with E-state index >= 15 is 0 Å². The molecule has 0 aromatic heterocycles. The molecule has 4 rings (SSSR count). The molecular weight excluding hydrogens is 468 g/mol. The summed E-state index contributed by atoms with van der Waals surface area (Å²) in [6.45, 7) is 3.89. The van der Waals surface area contributed by atoms with Gasteiger partial charge in [0, 0.05) is 0 Å². The van der Waals surface area contributed by atoms with Crippen molar-refractivity contribution in [3.63, 3.8) is 0 Å². The number of nitrogens with zero attached hydrogens (tertiary/aromatic N) is 2. The zero-order valence-electron chi connectivity index (χ0n) is 19.4. The van der Waals surface area contributed by atoms with Crippen molar-refractivity contribution >= 4 is 41.0 Å². The molecule has 3 aromatic carbocycles. The van der Waals surface area contributed by atoms with Crippen LogP contribution in [0.3, 0.4) is 0 Å². The fraction of sp³-hybridized carbons (Fsp3) is 0.148. The van der Waals surface area contributed by atoms with E-state index in [1.807, 2.05) is 37.3 Å². The fourth-order valence-corrected chi connectivity index (χ4v) is 3.79. The second kappa shape index (κ2) is 10.4. The molecule has 1 aliphatic heterocycles. The first-order valence-electron chi connectivity index (χ1n) is 10.9. The van der Waals surface area contributed by atoms with E-state index in [0.29, 0.717) is 40.5 Å². The minimum absolute atomic E-state index is 0.0949. The number of halogens is 1. The predicted octanol–water partition coefficient (Wildman–Crippen LogP) is 5.77. The van der Waals surface area contributed by atoms with Crippen molar-refractivity contribution < 1.29 is 23.8 Å².